The van der Waals surface area contributed by atoms with Crippen LogP contribution in [-0.2, 0) is 71.6 Å². The molecule has 0 amide bonds. The van der Waals surface area contributed by atoms with E-state index in [1.54, 1.807) is 62.3 Å². The zero-order valence-corrected chi connectivity index (χ0v) is 30.0. The van der Waals surface area contributed by atoms with E-state index in [2.05, 4.69) is 23.7 Å². The lowest BCUT2D eigenvalue weighted by molar-refractivity contribution is -0.160. The highest BCUT2D eigenvalue weighted by molar-refractivity contribution is 6.37. The molecule has 0 aromatic heterocycles. The summed E-state index contributed by atoms with van der Waals surface area (Å²) in [6.07, 6.45) is 0.215. The van der Waals surface area contributed by atoms with E-state index < -0.39 is 69.8 Å². The van der Waals surface area contributed by atoms with E-state index in [1.165, 1.54) is 35.0 Å². The number of ether oxygens (including phenoxy) is 5. The molecular weight excluding hydrogens is 628 g/mol. The Kier molecular flexibility index (Phi) is 31.0. The second-order valence-corrected chi connectivity index (χ2v) is 10.5. The summed E-state index contributed by atoms with van der Waals surface area (Å²) >= 11 is 0. The molecule has 0 aromatic carbocycles. The highest BCUT2D eigenvalue weighted by atomic mass is 16.6. The van der Waals surface area contributed by atoms with Gasteiger partial charge in [0, 0.05) is 24.7 Å². The third-order valence-electron chi connectivity index (χ3n) is 4.37. The van der Waals surface area contributed by atoms with Crippen LogP contribution in [0.1, 0.15) is 89.5 Å². The van der Waals surface area contributed by atoms with Crippen LogP contribution in [-0.4, -0.2) is 104 Å². The van der Waals surface area contributed by atoms with Gasteiger partial charge in [0.15, 0.2) is 0 Å². The van der Waals surface area contributed by atoms with Gasteiger partial charge in [0.2, 0.25) is 23.1 Å². The van der Waals surface area contributed by atoms with Gasteiger partial charge in [0.1, 0.15) is 5.60 Å². The molecule has 0 spiro atoms. The fraction of sp³-hybridized carbons (Fsp3) is 0.677. The molecule has 0 radical (unpaired) electrons. The van der Waals surface area contributed by atoms with Gasteiger partial charge in [0.25, 0.3) is 5.78 Å². The summed E-state index contributed by atoms with van der Waals surface area (Å²) < 4.78 is 21.5. The fourth-order valence-electron chi connectivity index (χ4n) is 1.77. The number of hydrogen-bond donors (Lipinski definition) is 1. The minimum atomic E-state index is -1.63. The van der Waals surface area contributed by atoms with E-state index in [0.29, 0.717) is 0 Å². The summed E-state index contributed by atoms with van der Waals surface area (Å²) in [7, 11) is 2.39. The zero-order valence-electron chi connectivity index (χ0n) is 30.0. The number of rotatable bonds is 11. The lowest BCUT2D eigenvalue weighted by Gasteiger charge is -2.13. The van der Waals surface area contributed by atoms with Crippen LogP contribution >= 0.6 is 0 Å². The Morgan fingerprint density at radius 1 is 0.574 bits per heavy atom. The molecule has 0 saturated heterocycles. The number of ketones is 5. The molecule has 0 aromatic rings. The molecule has 0 bridgehead atoms. The van der Waals surface area contributed by atoms with E-state index in [9.17, 15) is 47.9 Å². The van der Waals surface area contributed by atoms with Crippen molar-refractivity contribution in [3.8, 4) is 0 Å². The van der Waals surface area contributed by atoms with Crippen LogP contribution in [0, 0.1) is 11.3 Å². The Morgan fingerprint density at radius 2 is 0.936 bits per heavy atom. The van der Waals surface area contributed by atoms with E-state index in [-0.39, 0.29) is 32.2 Å². The molecule has 47 heavy (non-hydrogen) atoms. The fourth-order valence-corrected chi connectivity index (χ4v) is 1.77. The molecule has 0 aliphatic heterocycles. The molecule has 16 nitrogen and oxygen atoms in total. The van der Waals surface area contributed by atoms with E-state index in [0.717, 1.165) is 0 Å². The number of esters is 5. The van der Waals surface area contributed by atoms with Crippen molar-refractivity contribution in [1.29, 1.82) is 0 Å². The molecule has 0 aliphatic carbocycles. The van der Waals surface area contributed by atoms with Crippen molar-refractivity contribution in [3.05, 3.63) is 0 Å². The standard InChI is InChI=1S/C7H12O4.2C7H12O3.2C5H8O3/c1-4-11-6(9)5(8)7(2,3)10;1-7(2,3)5(8)6(9)10-4;1-4-10-7(9)6(8)5(2)3;1-3-4(6)5(7)8-2;1-3-8-5(7)4(2)6/h10H,4H2,1-3H3;1-4H3;5H,4H2,1-3H3;2*3H2,1-2H3. The Labute approximate surface area is 276 Å². The van der Waals surface area contributed by atoms with Crippen LogP contribution in [0.5, 0.6) is 0 Å². The minimum absolute atomic E-state index is 0.140. The number of methoxy groups -OCH3 is 2. The monoisotopic (exact) mass is 680 g/mol. The Bertz CT molecular complexity index is 1040. The van der Waals surface area contributed by atoms with Gasteiger partial charge in [-0.05, 0) is 34.6 Å². The number of carbonyl (C=O) groups is 10. The first-order chi connectivity index (χ1) is 21.3. The van der Waals surface area contributed by atoms with Gasteiger partial charge < -0.3 is 28.8 Å². The van der Waals surface area contributed by atoms with E-state index in [4.69, 9.17) is 5.11 Å². The third kappa shape index (κ3) is 30.1. The van der Waals surface area contributed by atoms with Gasteiger partial charge in [-0.25, -0.2) is 24.0 Å². The molecule has 0 saturated carbocycles. The minimum Gasteiger partial charge on any atom is -0.463 e. The van der Waals surface area contributed by atoms with Gasteiger partial charge in [-0.15, -0.1) is 0 Å². The van der Waals surface area contributed by atoms with Crippen LogP contribution < -0.4 is 0 Å². The van der Waals surface area contributed by atoms with Crippen molar-refractivity contribution < 1.29 is 76.7 Å². The molecule has 16 heteroatoms. The molecule has 0 unspecified atom stereocenters. The first-order valence-electron chi connectivity index (χ1n) is 14.3. The van der Waals surface area contributed by atoms with Gasteiger partial charge in [-0.2, -0.15) is 0 Å². The lowest BCUT2D eigenvalue weighted by Crippen LogP contribution is -2.38. The summed E-state index contributed by atoms with van der Waals surface area (Å²) in [6, 6.07) is 0. The molecule has 0 heterocycles. The van der Waals surface area contributed by atoms with Crippen molar-refractivity contribution in [1.82, 2.24) is 0 Å². The number of hydrogen-bond acceptors (Lipinski definition) is 16. The summed E-state index contributed by atoms with van der Waals surface area (Å²) in [4.78, 5) is 105. The van der Waals surface area contributed by atoms with Crippen molar-refractivity contribution in [2.24, 2.45) is 11.3 Å². The van der Waals surface area contributed by atoms with Crippen LogP contribution in [0.4, 0.5) is 0 Å². The van der Waals surface area contributed by atoms with Gasteiger partial charge in [0.05, 0.1) is 34.0 Å². The van der Waals surface area contributed by atoms with Gasteiger partial charge >= 0.3 is 29.8 Å². The highest BCUT2D eigenvalue weighted by Gasteiger charge is 2.31. The van der Waals surface area contributed by atoms with Crippen molar-refractivity contribution in [2.45, 2.75) is 95.1 Å². The maximum absolute atomic E-state index is 10.9. The molecule has 272 valence electrons. The molecule has 0 rings (SSSR count). The Hall–Kier alpha value is -4.34. The smallest absolute Gasteiger partial charge is 0.377 e. The maximum Gasteiger partial charge on any atom is 0.377 e. The summed E-state index contributed by atoms with van der Waals surface area (Å²) in [5.41, 5.74) is -2.26. The molecule has 0 aliphatic rings. The van der Waals surface area contributed by atoms with Gasteiger partial charge in [-0.3, -0.25) is 24.0 Å². The number of carbonyl (C=O) groups excluding carboxylic acids is 10. The third-order valence-corrected chi connectivity index (χ3v) is 4.37. The normalized spacial score (nSPS) is 9.70. The molecule has 0 fully saturated rings. The van der Waals surface area contributed by atoms with Gasteiger partial charge in [-0.1, -0.05) is 41.5 Å². The quantitative estimate of drug-likeness (QED) is 0.186. The summed E-state index contributed by atoms with van der Waals surface area (Å²) in [5.74, 6) is -7.15. The maximum atomic E-state index is 10.9. The zero-order chi connectivity index (χ0) is 38.7. The molecule has 1 N–H and O–H groups in total. The molecular formula is C31H52O16. The van der Waals surface area contributed by atoms with Crippen molar-refractivity contribution in [3.63, 3.8) is 0 Å². The predicted molar refractivity (Wildman–Crippen MR) is 166 cm³/mol. The average Bonchev–Trinajstić information content (AvgIpc) is 2.99. The average molecular weight is 681 g/mol. The Morgan fingerprint density at radius 3 is 1.13 bits per heavy atom. The molecule has 0 atom stereocenters. The second kappa shape index (κ2) is 27.9. The topological polar surface area (TPSA) is 237 Å². The van der Waals surface area contributed by atoms with Crippen LogP contribution in [0.25, 0.3) is 0 Å². The van der Waals surface area contributed by atoms with E-state index in [1.807, 2.05) is 0 Å². The number of aliphatic hydroxyl groups is 1. The second-order valence-electron chi connectivity index (χ2n) is 10.5. The van der Waals surface area contributed by atoms with Crippen LogP contribution in [0.2, 0.25) is 0 Å². The van der Waals surface area contributed by atoms with E-state index >= 15 is 0 Å². The van der Waals surface area contributed by atoms with Crippen LogP contribution in [0.15, 0.2) is 0 Å². The largest absolute Gasteiger partial charge is 0.463 e. The first-order valence-corrected chi connectivity index (χ1v) is 14.3. The highest BCUT2D eigenvalue weighted by Crippen LogP contribution is 2.14. The SMILES string of the molecule is CCC(=O)C(=O)OC.CCOC(=O)C(=O)C(C)(C)O.CCOC(=O)C(=O)C(C)C.CCOC(=O)C(C)=O.COC(=O)C(=O)C(C)(C)C. The van der Waals surface area contributed by atoms with Crippen molar-refractivity contribution in [2.75, 3.05) is 34.0 Å². The first kappa shape index (κ1) is 52.2. The van der Waals surface area contributed by atoms with Crippen LogP contribution in [0.3, 0.4) is 0 Å². The van der Waals surface area contributed by atoms with Crippen molar-refractivity contribution >= 4 is 58.8 Å². The summed E-state index contributed by atoms with van der Waals surface area (Å²) in [5, 5.41) is 9.03. The summed E-state index contributed by atoms with van der Waals surface area (Å²) in [6.45, 7) is 19.2. The lowest BCUT2D eigenvalue weighted by atomic mass is 9.91. The number of Topliss-reactive ketones (excluding diaryl/α,β-unsaturated/α-hetero) is 5. The predicted octanol–water partition coefficient (Wildman–Crippen LogP) is 1.72. The Balaban J connectivity index is -0.000000157.